The highest BCUT2D eigenvalue weighted by atomic mass is 35.5. The minimum atomic E-state index is -4.39. The Morgan fingerprint density at radius 1 is 1.00 bits per heavy atom. The van der Waals surface area contributed by atoms with E-state index in [0.29, 0.717) is 12.3 Å². The second kappa shape index (κ2) is 12.6. The molecule has 0 unspecified atom stereocenters. The quantitative estimate of drug-likeness (QED) is 0.356. The number of benzene rings is 3. The van der Waals surface area contributed by atoms with Gasteiger partial charge in [-0.25, -0.2) is 12.8 Å². The van der Waals surface area contributed by atoms with Crippen LogP contribution in [0.3, 0.4) is 0 Å². The molecule has 0 saturated carbocycles. The molecule has 0 radical (unpaired) electrons. The average molecular weight is 564 g/mol. The highest BCUT2D eigenvalue weighted by Gasteiger charge is 2.29. The number of carbonyl (C=O) groups excluding carboxylic acids is 2. The maximum Gasteiger partial charge on any atom is 0.264 e. The molecule has 0 heterocycles. The lowest BCUT2D eigenvalue weighted by Gasteiger charge is -2.25. The van der Waals surface area contributed by atoms with Gasteiger partial charge in [0.05, 0.1) is 41.1 Å². The number of rotatable bonds is 11. The van der Waals surface area contributed by atoms with Gasteiger partial charge in [-0.1, -0.05) is 30.7 Å². The number of anilines is 2. The molecule has 38 heavy (non-hydrogen) atoms. The van der Waals surface area contributed by atoms with Crippen molar-refractivity contribution in [1.82, 2.24) is 5.32 Å². The van der Waals surface area contributed by atoms with E-state index < -0.39 is 28.3 Å². The van der Waals surface area contributed by atoms with Gasteiger partial charge in [0.1, 0.15) is 12.4 Å². The molecule has 0 aliphatic heterocycles. The molecule has 9 nitrogen and oxygen atoms in total. The minimum Gasteiger partial charge on any atom is -0.493 e. The molecular weight excluding hydrogens is 537 g/mol. The molecule has 0 atom stereocenters. The first kappa shape index (κ1) is 28.7. The van der Waals surface area contributed by atoms with Crippen LogP contribution >= 0.6 is 11.6 Å². The van der Waals surface area contributed by atoms with E-state index in [0.717, 1.165) is 22.9 Å². The SMILES string of the molecule is CCCNC(=O)c1ccccc1NC(=O)CN(c1ccc(F)c(Cl)c1)S(=O)(=O)c1ccc(OC)c(OC)c1. The average Bonchev–Trinajstić information content (AvgIpc) is 2.91. The van der Waals surface area contributed by atoms with Crippen molar-refractivity contribution in [2.45, 2.75) is 18.2 Å². The summed E-state index contributed by atoms with van der Waals surface area (Å²) < 4.78 is 52.5. The van der Waals surface area contributed by atoms with Crippen molar-refractivity contribution >= 4 is 44.8 Å². The third-order valence-corrected chi connectivity index (χ3v) is 7.46. The summed E-state index contributed by atoms with van der Waals surface area (Å²) in [6, 6.07) is 13.6. The number of halogens is 2. The molecule has 0 aliphatic carbocycles. The number of hydrogen-bond donors (Lipinski definition) is 2. The van der Waals surface area contributed by atoms with Crippen LogP contribution in [-0.2, 0) is 14.8 Å². The largest absolute Gasteiger partial charge is 0.493 e. The van der Waals surface area contributed by atoms with Crippen LogP contribution in [0.1, 0.15) is 23.7 Å². The molecule has 0 aromatic heterocycles. The summed E-state index contributed by atoms with van der Waals surface area (Å²) in [6.45, 7) is 1.65. The lowest BCUT2D eigenvalue weighted by Crippen LogP contribution is -2.38. The number of hydrogen-bond acceptors (Lipinski definition) is 6. The molecule has 0 bridgehead atoms. The predicted octanol–water partition coefficient (Wildman–Crippen LogP) is 4.47. The fraction of sp³-hybridized carbons (Fsp3) is 0.231. The smallest absolute Gasteiger partial charge is 0.264 e. The summed E-state index contributed by atoms with van der Waals surface area (Å²) >= 11 is 5.93. The topological polar surface area (TPSA) is 114 Å². The molecule has 0 aliphatic rings. The lowest BCUT2D eigenvalue weighted by molar-refractivity contribution is -0.114. The van der Waals surface area contributed by atoms with Gasteiger partial charge in [-0.2, -0.15) is 0 Å². The van der Waals surface area contributed by atoms with Crippen molar-refractivity contribution in [2.75, 3.05) is 36.9 Å². The second-order valence-corrected chi connectivity index (χ2v) is 10.2. The Bertz CT molecular complexity index is 1430. The van der Waals surface area contributed by atoms with Crippen LogP contribution in [0.2, 0.25) is 5.02 Å². The molecule has 2 amide bonds. The molecule has 0 saturated heterocycles. The van der Waals surface area contributed by atoms with Gasteiger partial charge in [-0.3, -0.25) is 13.9 Å². The van der Waals surface area contributed by atoms with E-state index >= 15 is 0 Å². The molecule has 3 aromatic rings. The van der Waals surface area contributed by atoms with E-state index in [2.05, 4.69) is 10.6 Å². The number of para-hydroxylation sites is 1. The van der Waals surface area contributed by atoms with E-state index in [1.807, 2.05) is 6.92 Å². The zero-order valence-corrected chi connectivity index (χ0v) is 22.5. The fourth-order valence-electron chi connectivity index (χ4n) is 3.50. The normalized spacial score (nSPS) is 11.0. The molecule has 2 N–H and O–H groups in total. The number of nitrogens with one attached hydrogen (secondary N) is 2. The van der Waals surface area contributed by atoms with Gasteiger partial charge in [0.25, 0.3) is 15.9 Å². The van der Waals surface area contributed by atoms with Gasteiger partial charge >= 0.3 is 0 Å². The Labute approximate surface area is 225 Å². The van der Waals surface area contributed by atoms with E-state index in [-0.39, 0.29) is 38.5 Å². The van der Waals surface area contributed by atoms with Crippen molar-refractivity contribution in [2.24, 2.45) is 0 Å². The number of amides is 2. The number of ether oxygens (including phenoxy) is 2. The van der Waals surface area contributed by atoms with Crippen molar-refractivity contribution in [3.05, 3.63) is 77.1 Å². The van der Waals surface area contributed by atoms with E-state index in [1.54, 1.807) is 18.2 Å². The van der Waals surface area contributed by atoms with Crippen LogP contribution in [0.25, 0.3) is 0 Å². The molecule has 0 fully saturated rings. The zero-order chi connectivity index (χ0) is 27.9. The van der Waals surface area contributed by atoms with Gasteiger partial charge in [0.2, 0.25) is 5.91 Å². The number of methoxy groups -OCH3 is 2. The molecular formula is C26H27ClFN3O6S. The second-order valence-electron chi connectivity index (χ2n) is 7.98. The Morgan fingerprint density at radius 2 is 1.71 bits per heavy atom. The third kappa shape index (κ3) is 6.53. The van der Waals surface area contributed by atoms with Gasteiger partial charge in [0, 0.05) is 12.6 Å². The van der Waals surface area contributed by atoms with Crippen LogP contribution < -0.4 is 24.4 Å². The minimum absolute atomic E-state index is 0.0460. The summed E-state index contributed by atoms with van der Waals surface area (Å²) in [4.78, 5) is 25.5. The van der Waals surface area contributed by atoms with E-state index in [1.165, 1.54) is 44.6 Å². The monoisotopic (exact) mass is 563 g/mol. The van der Waals surface area contributed by atoms with Crippen molar-refractivity contribution in [3.8, 4) is 11.5 Å². The van der Waals surface area contributed by atoms with E-state index in [4.69, 9.17) is 21.1 Å². The van der Waals surface area contributed by atoms with Gasteiger partial charge in [0.15, 0.2) is 11.5 Å². The highest BCUT2D eigenvalue weighted by molar-refractivity contribution is 7.92. The first-order valence-electron chi connectivity index (χ1n) is 11.5. The van der Waals surface area contributed by atoms with Crippen molar-refractivity contribution < 1.29 is 31.9 Å². The molecule has 0 spiro atoms. The Kier molecular flexibility index (Phi) is 9.54. The Balaban J connectivity index is 1.99. The molecule has 202 valence electrons. The third-order valence-electron chi connectivity index (χ3n) is 5.40. The number of sulfonamides is 1. The molecule has 3 rings (SSSR count). The summed E-state index contributed by atoms with van der Waals surface area (Å²) in [7, 11) is -1.63. The maximum absolute atomic E-state index is 13.9. The first-order chi connectivity index (χ1) is 18.1. The maximum atomic E-state index is 13.9. The van der Waals surface area contributed by atoms with E-state index in [9.17, 15) is 22.4 Å². The summed E-state index contributed by atoms with van der Waals surface area (Å²) in [5, 5.41) is 5.01. The van der Waals surface area contributed by atoms with Crippen molar-refractivity contribution in [3.63, 3.8) is 0 Å². The van der Waals surface area contributed by atoms with Gasteiger partial charge in [-0.15, -0.1) is 0 Å². The fourth-order valence-corrected chi connectivity index (χ4v) is 5.11. The predicted molar refractivity (Wildman–Crippen MR) is 143 cm³/mol. The zero-order valence-electron chi connectivity index (χ0n) is 21.0. The van der Waals surface area contributed by atoms with Crippen LogP contribution in [0.15, 0.2) is 65.6 Å². The first-order valence-corrected chi connectivity index (χ1v) is 13.3. The van der Waals surface area contributed by atoms with Gasteiger partial charge in [-0.05, 0) is 48.9 Å². The van der Waals surface area contributed by atoms with Crippen LogP contribution in [0.4, 0.5) is 15.8 Å². The lowest BCUT2D eigenvalue weighted by atomic mass is 10.1. The summed E-state index contributed by atoms with van der Waals surface area (Å²) in [6.07, 6.45) is 0.726. The Hall–Kier alpha value is -3.83. The highest BCUT2D eigenvalue weighted by Crippen LogP contribution is 2.33. The van der Waals surface area contributed by atoms with Crippen LogP contribution in [0.5, 0.6) is 11.5 Å². The standard InChI is InChI=1S/C26H27ClFN3O6S/c1-4-13-29-26(33)19-7-5-6-8-22(19)30-25(32)16-31(17-9-11-21(28)20(27)14-17)38(34,35)18-10-12-23(36-2)24(15-18)37-3/h5-12,14-15H,4,13,16H2,1-3H3,(H,29,33)(H,30,32). The number of carbonyl (C=O) groups is 2. The molecule has 12 heteroatoms. The number of nitrogens with zero attached hydrogens (tertiary/aromatic N) is 1. The Morgan fingerprint density at radius 3 is 2.37 bits per heavy atom. The molecule has 3 aromatic carbocycles. The summed E-state index contributed by atoms with van der Waals surface area (Å²) in [5.41, 5.74) is 0.371. The van der Waals surface area contributed by atoms with Crippen LogP contribution in [-0.4, -0.2) is 47.5 Å². The van der Waals surface area contributed by atoms with Gasteiger partial charge < -0.3 is 20.1 Å². The van der Waals surface area contributed by atoms with Crippen molar-refractivity contribution in [1.29, 1.82) is 0 Å². The summed E-state index contributed by atoms with van der Waals surface area (Å²) in [5.74, 6) is -1.43. The van der Waals surface area contributed by atoms with Crippen LogP contribution in [0, 0.1) is 5.82 Å².